The normalized spacial score (nSPS) is 16.0. The Bertz CT molecular complexity index is 975. The van der Waals surface area contributed by atoms with Crippen LogP contribution in [0.1, 0.15) is 22.3 Å². The highest BCUT2D eigenvalue weighted by Gasteiger charge is 2.21. The van der Waals surface area contributed by atoms with Crippen molar-refractivity contribution in [2.75, 3.05) is 13.7 Å². The fourth-order valence-corrected chi connectivity index (χ4v) is 3.29. The second-order valence-electron chi connectivity index (χ2n) is 6.78. The monoisotopic (exact) mass is 369 g/mol. The van der Waals surface area contributed by atoms with Crippen molar-refractivity contribution in [1.82, 2.24) is 0 Å². The van der Waals surface area contributed by atoms with E-state index in [4.69, 9.17) is 14.5 Å². The van der Waals surface area contributed by atoms with E-state index in [1.54, 1.807) is 7.11 Å². The van der Waals surface area contributed by atoms with Gasteiger partial charge in [0.15, 0.2) is 0 Å². The third-order valence-corrected chi connectivity index (χ3v) is 4.79. The maximum absolute atomic E-state index is 5.95. The highest BCUT2D eigenvalue weighted by Crippen LogP contribution is 2.21. The molecule has 3 nitrogen and oxygen atoms in total. The second kappa shape index (κ2) is 8.57. The van der Waals surface area contributed by atoms with Gasteiger partial charge in [0.1, 0.15) is 12.4 Å². The molecule has 0 amide bonds. The molecule has 0 spiro atoms. The molecule has 4 rings (SSSR count). The van der Waals surface area contributed by atoms with Crippen LogP contribution in [0.3, 0.4) is 0 Å². The lowest BCUT2D eigenvalue weighted by molar-refractivity contribution is 0.317. The van der Waals surface area contributed by atoms with Gasteiger partial charge in [0.25, 0.3) is 0 Å². The van der Waals surface area contributed by atoms with Crippen LogP contribution in [-0.2, 0) is 11.2 Å². The highest BCUT2D eigenvalue weighted by molar-refractivity contribution is 5.99. The molecule has 0 aliphatic carbocycles. The van der Waals surface area contributed by atoms with E-state index in [2.05, 4.69) is 48.6 Å². The first-order valence-corrected chi connectivity index (χ1v) is 9.48. The largest absolute Gasteiger partial charge is 0.497 e. The molecular weight excluding hydrogens is 346 g/mol. The lowest BCUT2D eigenvalue weighted by Crippen LogP contribution is -2.09. The van der Waals surface area contributed by atoms with Crippen molar-refractivity contribution < 1.29 is 9.47 Å². The zero-order chi connectivity index (χ0) is 19.2. The maximum atomic E-state index is 5.95. The molecule has 1 aliphatic heterocycles. The Labute approximate surface area is 166 Å². The van der Waals surface area contributed by atoms with Crippen molar-refractivity contribution in [3.8, 4) is 5.75 Å². The van der Waals surface area contributed by atoms with Gasteiger partial charge in [0.05, 0.1) is 13.2 Å². The summed E-state index contributed by atoms with van der Waals surface area (Å²) in [4.78, 5) is 4.84. The Morgan fingerprint density at radius 3 is 2.46 bits per heavy atom. The predicted octanol–water partition coefficient (Wildman–Crippen LogP) is 5.25. The summed E-state index contributed by atoms with van der Waals surface area (Å²) in [5.74, 6) is 1.59. The molecule has 0 N–H and O–H groups in total. The topological polar surface area (TPSA) is 30.8 Å². The van der Waals surface area contributed by atoms with Crippen LogP contribution >= 0.6 is 0 Å². The second-order valence-corrected chi connectivity index (χ2v) is 6.78. The SMILES string of the molecule is COc1ccc(/C=C/c2ccccc2C2=N[C@@H](Cc3ccccc3)CO2)cc1. The number of nitrogens with zero attached hydrogens (tertiary/aromatic N) is 1. The lowest BCUT2D eigenvalue weighted by atomic mass is 10.1. The number of benzene rings is 3. The van der Waals surface area contributed by atoms with E-state index in [1.807, 2.05) is 42.5 Å². The van der Waals surface area contributed by atoms with Gasteiger partial charge in [0, 0.05) is 5.56 Å². The first-order valence-electron chi connectivity index (χ1n) is 9.48. The molecule has 0 bridgehead atoms. The van der Waals surface area contributed by atoms with Crippen molar-refractivity contribution >= 4 is 18.0 Å². The fraction of sp³-hybridized carbons (Fsp3) is 0.160. The van der Waals surface area contributed by atoms with Crippen molar-refractivity contribution in [3.63, 3.8) is 0 Å². The van der Waals surface area contributed by atoms with Crippen LogP contribution in [-0.4, -0.2) is 25.7 Å². The molecule has 0 saturated carbocycles. The van der Waals surface area contributed by atoms with Crippen LogP contribution in [0.25, 0.3) is 12.2 Å². The molecule has 0 fully saturated rings. The van der Waals surface area contributed by atoms with Gasteiger partial charge in [-0.15, -0.1) is 0 Å². The maximum Gasteiger partial charge on any atom is 0.217 e. The van der Waals surface area contributed by atoms with Gasteiger partial charge in [-0.3, -0.25) is 0 Å². The van der Waals surface area contributed by atoms with Gasteiger partial charge in [-0.05, 0) is 41.3 Å². The molecule has 0 saturated heterocycles. The third-order valence-electron chi connectivity index (χ3n) is 4.79. The summed E-state index contributed by atoms with van der Waals surface area (Å²) in [6.45, 7) is 0.626. The Hall–Kier alpha value is -3.33. The molecule has 3 heteroatoms. The van der Waals surface area contributed by atoms with E-state index >= 15 is 0 Å². The predicted molar refractivity (Wildman–Crippen MR) is 115 cm³/mol. The van der Waals surface area contributed by atoms with E-state index in [9.17, 15) is 0 Å². The molecule has 0 aromatic heterocycles. The highest BCUT2D eigenvalue weighted by atomic mass is 16.5. The molecular formula is C25H23NO2. The van der Waals surface area contributed by atoms with Crippen LogP contribution in [0, 0.1) is 0 Å². The molecule has 1 aliphatic rings. The number of methoxy groups -OCH3 is 1. The Morgan fingerprint density at radius 1 is 0.929 bits per heavy atom. The van der Waals surface area contributed by atoms with Gasteiger partial charge in [0.2, 0.25) is 5.90 Å². The summed E-state index contributed by atoms with van der Waals surface area (Å²) in [5.41, 5.74) is 4.53. The van der Waals surface area contributed by atoms with Gasteiger partial charge in [-0.2, -0.15) is 0 Å². The summed E-state index contributed by atoms with van der Waals surface area (Å²) >= 11 is 0. The summed E-state index contributed by atoms with van der Waals surface area (Å²) in [5, 5.41) is 0. The zero-order valence-corrected chi connectivity index (χ0v) is 15.9. The molecule has 3 aromatic rings. The smallest absolute Gasteiger partial charge is 0.217 e. The average Bonchev–Trinajstić information content (AvgIpc) is 3.22. The fourth-order valence-electron chi connectivity index (χ4n) is 3.29. The Kier molecular flexibility index (Phi) is 5.53. The minimum atomic E-state index is 0.163. The minimum Gasteiger partial charge on any atom is -0.497 e. The van der Waals surface area contributed by atoms with Crippen LogP contribution < -0.4 is 4.74 Å². The zero-order valence-electron chi connectivity index (χ0n) is 15.9. The van der Waals surface area contributed by atoms with Crippen LogP contribution in [0.15, 0.2) is 83.9 Å². The van der Waals surface area contributed by atoms with Crippen molar-refractivity contribution in [1.29, 1.82) is 0 Å². The van der Waals surface area contributed by atoms with Crippen molar-refractivity contribution in [3.05, 3.63) is 101 Å². The van der Waals surface area contributed by atoms with E-state index in [1.165, 1.54) is 5.56 Å². The summed E-state index contributed by atoms with van der Waals surface area (Å²) in [6, 6.07) is 26.8. The molecule has 1 heterocycles. The minimum absolute atomic E-state index is 0.163. The number of ether oxygens (including phenoxy) is 2. The number of aliphatic imine (C=N–C) groups is 1. The van der Waals surface area contributed by atoms with E-state index in [-0.39, 0.29) is 6.04 Å². The Balaban J connectivity index is 1.52. The molecule has 3 aromatic carbocycles. The molecule has 1 atom stereocenters. The summed E-state index contributed by atoms with van der Waals surface area (Å²) in [6.07, 6.45) is 5.09. The Morgan fingerprint density at radius 2 is 1.68 bits per heavy atom. The molecule has 0 unspecified atom stereocenters. The molecule has 140 valence electrons. The van der Waals surface area contributed by atoms with Crippen LogP contribution in [0.2, 0.25) is 0 Å². The van der Waals surface area contributed by atoms with Gasteiger partial charge < -0.3 is 9.47 Å². The summed E-state index contributed by atoms with van der Waals surface area (Å²) in [7, 11) is 1.68. The number of rotatable bonds is 6. The molecule has 0 radical (unpaired) electrons. The molecule has 28 heavy (non-hydrogen) atoms. The van der Waals surface area contributed by atoms with Gasteiger partial charge in [-0.1, -0.05) is 72.8 Å². The first kappa shape index (κ1) is 18.1. The number of hydrogen-bond acceptors (Lipinski definition) is 3. The van der Waals surface area contributed by atoms with Gasteiger partial charge in [-0.25, -0.2) is 4.99 Å². The summed E-state index contributed by atoms with van der Waals surface area (Å²) < 4.78 is 11.2. The van der Waals surface area contributed by atoms with Gasteiger partial charge >= 0.3 is 0 Å². The van der Waals surface area contributed by atoms with Crippen LogP contribution in [0.4, 0.5) is 0 Å². The van der Waals surface area contributed by atoms with E-state index in [0.29, 0.717) is 6.61 Å². The lowest BCUT2D eigenvalue weighted by Gasteiger charge is -2.05. The van der Waals surface area contributed by atoms with Crippen molar-refractivity contribution in [2.45, 2.75) is 12.5 Å². The van der Waals surface area contributed by atoms with Crippen molar-refractivity contribution in [2.24, 2.45) is 4.99 Å². The van der Waals surface area contributed by atoms with E-state index in [0.717, 1.165) is 34.8 Å². The first-order chi connectivity index (χ1) is 13.8. The van der Waals surface area contributed by atoms with Crippen LogP contribution in [0.5, 0.6) is 5.75 Å². The quantitative estimate of drug-likeness (QED) is 0.555. The number of hydrogen-bond donors (Lipinski definition) is 0. The standard InChI is InChI=1S/C25H23NO2/c1-27-23-15-12-19(13-16-23)11-14-21-9-5-6-10-24(21)25-26-22(18-28-25)17-20-7-3-2-4-8-20/h2-16,22H,17-18H2,1H3/b14-11+/t22-/m0/s1. The average molecular weight is 369 g/mol. The third kappa shape index (κ3) is 4.32. The van der Waals surface area contributed by atoms with E-state index < -0.39 is 0 Å².